The highest BCUT2D eigenvalue weighted by atomic mass is 16.6. The van der Waals surface area contributed by atoms with Crippen molar-refractivity contribution in [3.05, 3.63) is 72.9 Å². The van der Waals surface area contributed by atoms with E-state index in [0.29, 0.717) is 19.3 Å². The van der Waals surface area contributed by atoms with Crippen LogP contribution < -0.4 is 0 Å². The maximum absolute atomic E-state index is 13.0. The van der Waals surface area contributed by atoms with Crippen LogP contribution in [0, 0.1) is 0 Å². The van der Waals surface area contributed by atoms with Gasteiger partial charge in [-0.25, -0.2) is 0 Å². The largest absolute Gasteiger partial charge is 0.462 e. The van der Waals surface area contributed by atoms with Crippen molar-refractivity contribution in [2.75, 3.05) is 13.2 Å². The third kappa shape index (κ3) is 65.5. The van der Waals surface area contributed by atoms with Gasteiger partial charge >= 0.3 is 17.9 Å². The second kappa shape index (κ2) is 67.4. The van der Waals surface area contributed by atoms with Gasteiger partial charge in [-0.2, -0.15) is 0 Å². The van der Waals surface area contributed by atoms with E-state index in [9.17, 15) is 14.4 Å². The van der Waals surface area contributed by atoms with E-state index in [4.69, 9.17) is 14.2 Å². The standard InChI is InChI=1S/C73H130O6/c1-4-7-10-13-16-19-22-25-28-30-32-34-36-38-40-42-45-48-51-54-57-60-63-66-72(75)78-69-70(68-77-71(74)65-62-59-56-53-50-47-44-27-24-21-18-15-12-9-6-3)79-73(76)67-64-61-58-55-52-49-46-43-41-39-37-35-33-31-29-26-23-20-17-14-11-8-5-2/h7,10,16,19,25,27-28,32,34,38,40,44,70H,4-6,8-9,11-15,17-18,20-24,26,29-31,33,35-37,39,41-43,45-69H2,1-3H3/b10-7-,19-16-,28-25-,34-32-,40-38-,44-27-. The summed E-state index contributed by atoms with van der Waals surface area (Å²) in [6.45, 7) is 6.56. The Balaban J connectivity index is 4.34. The molecule has 0 fully saturated rings. The van der Waals surface area contributed by atoms with Gasteiger partial charge in [-0.1, -0.05) is 318 Å². The van der Waals surface area contributed by atoms with Crippen molar-refractivity contribution in [3.8, 4) is 0 Å². The quantitative estimate of drug-likeness (QED) is 0.0261. The van der Waals surface area contributed by atoms with Crippen LogP contribution in [0.15, 0.2) is 72.9 Å². The lowest BCUT2D eigenvalue weighted by Gasteiger charge is -2.18. The molecule has 0 aromatic carbocycles. The number of hydrogen-bond donors (Lipinski definition) is 0. The van der Waals surface area contributed by atoms with Crippen molar-refractivity contribution in [3.63, 3.8) is 0 Å². The summed E-state index contributed by atoms with van der Waals surface area (Å²) in [5.74, 6) is -0.878. The molecule has 458 valence electrons. The van der Waals surface area contributed by atoms with E-state index in [0.717, 1.165) is 103 Å². The highest BCUT2D eigenvalue weighted by molar-refractivity contribution is 5.71. The molecule has 0 aromatic heterocycles. The number of carbonyl (C=O) groups excluding carboxylic acids is 3. The van der Waals surface area contributed by atoms with E-state index in [1.165, 1.54) is 212 Å². The summed E-state index contributed by atoms with van der Waals surface area (Å²) < 4.78 is 17.0. The van der Waals surface area contributed by atoms with Crippen molar-refractivity contribution >= 4 is 17.9 Å². The van der Waals surface area contributed by atoms with Crippen LogP contribution in [-0.2, 0) is 28.6 Å². The second-order valence-corrected chi connectivity index (χ2v) is 23.1. The Hall–Kier alpha value is -3.15. The monoisotopic (exact) mass is 1100 g/mol. The van der Waals surface area contributed by atoms with Crippen molar-refractivity contribution in [2.24, 2.45) is 0 Å². The summed E-state index contributed by atoms with van der Waals surface area (Å²) >= 11 is 0. The van der Waals surface area contributed by atoms with Crippen molar-refractivity contribution in [1.82, 2.24) is 0 Å². The first-order chi connectivity index (χ1) is 39.0. The summed E-state index contributed by atoms with van der Waals surface area (Å²) in [4.78, 5) is 38.4. The number of unbranched alkanes of at least 4 members (excludes halogenated alkanes) is 40. The van der Waals surface area contributed by atoms with Gasteiger partial charge in [-0.15, -0.1) is 0 Å². The van der Waals surface area contributed by atoms with Crippen LogP contribution in [-0.4, -0.2) is 37.2 Å². The zero-order valence-corrected chi connectivity index (χ0v) is 52.6. The lowest BCUT2D eigenvalue weighted by Crippen LogP contribution is -2.30. The summed E-state index contributed by atoms with van der Waals surface area (Å²) in [5.41, 5.74) is 0. The molecule has 0 aromatic rings. The zero-order valence-electron chi connectivity index (χ0n) is 52.6. The molecule has 0 bridgehead atoms. The highest BCUT2D eigenvalue weighted by Gasteiger charge is 2.19. The molecule has 6 heteroatoms. The molecule has 0 aliphatic rings. The van der Waals surface area contributed by atoms with Crippen LogP contribution in [0.5, 0.6) is 0 Å². The van der Waals surface area contributed by atoms with Gasteiger partial charge in [0.1, 0.15) is 13.2 Å². The summed E-state index contributed by atoms with van der Waals surface area (Å²) in [6, 6.07) is 0. The van der Waals surface area contributed by atoms with Crippen molar-refractivity contribution < 1.29 is 28.6 Å². The van der Waals surface area contributed by atoms with Crippen LogP contribution in [0.2, 0.25) is 0 Å². The van der Waals surface area contributed by atoms with E-state index < -0.39 is 6.10 Å². The van der Waals surface area contributed by atoms with E-state index in [1.54, 1.807) is 0 Å². The van der Waals surface area contributed by atoms with Crippen LogP contribution >= 0.6 is 0 Å². The van der Waals surface area contributed by atoms with E-state index >= 15 is 0 Å². The predicted molar refractivity (Wildman–Crippen MR) is 344 cm³/mol. The number of carbonyl (C=O) groups is 3. The average Bonchev–Trinajstić information content (AvgIpc) is 3.45. The number of hydrogen-bond acceptors (Lipinski definition) is 6. The van der Waals surface area contributed by atoms with Crippen LogP contribution in [0.3, 0.4) is 0 Å². The molecule has 1 unspecified atom stereocenters. The first-order valence-electron chi connectivity index (χ1n) is 34.4. The van der Waals surface area contributed by atoms with Gasteiger partial charge in [0.25, 0.3) is 0 Å². The SMILES string of the molecule is CC/C=C\C/C=C\C/C=C\C/C=C\C/C=C\CCCCCCCCCC(=O)OCC(COC(=O)CCCCCCC/C=C\CCCCCCCC)OC(=O)CCCCCCCCCCCCCCCCCCCCCCCCC. The molecule has 0 spiro atoms. The molecule has 0 saturated heterocycles. The van der Waals surface area contributed by atoms with Gasteiger partial charge in [0.2, 0.25) is 0 Å². The number of allylic oxidation sites excluding steroid dienone is 12. The smallest absolute Gasteiger partial charge is 0.306 e. The normalized spacial score (nSPS) is 12.5. The maximum Gasteiger partial charge on any atom is 0.306 e. The molecule has 6 nitrogen and oxygen atoms in total. The molecule has 1 atom stereocenters. The van der Waals surface area contributed by atoms with E-state index in [1.807, 2.05) is 0 Å². The molecule has 0 N–H and O–H groups in total. The zero-order chi connectivity index (χ0) is 57.1. The Bertz CT molecular complexity index is 1450. The summed E-state index contributed by atoms with van der Waals surface area (Å²) in [5, 5.41) is 0. The molecule has 0 aliphatic heterocycles. The fourth-order valence-electron chi connectivity index (χ4n) is 10.1. The van der Waals surface area contributed by atoms with Crippen LogP contribution in [0.1, 0.15) is 355 Å². The molecular formula is C73H130O6. The lowest BCUT2D eigenvalue weighted by molar-refractivity contribution is -0.167. The van der Waals surface area contributed by atoms with Crippen molar-refractivity contribution in [1.29, 1.82) is 0 Å². The molecule has 0 aliphatic carbocycles. The average molecular weight is 1100 g/mol. The Morgan fingerprint density at radius 2 is 0.494 bits per heavy atom. The minimum Gasteiger partial charge on any atom is -0.462 e. The fraction of sp³-hybridized carbons (Fsp3) is 0.795. The minimum atomic E-state index is -0.784. The van der Waals surface area contributed by atoms with E-state index in [-0.39, 0.29) is 31.1 Å². The Morgan fingerprint density at radius 1 is 0.266 bits per heavy atom. The molecule has 0 amide bonds. The highest BCUT2D eigenvalue weighted by Crippen LogP contribution is 2.18. The first kappa shape index (κ1) is 75.8. The molecule has 0 saturated carbocycles. The third-order valence-electron chi connectivity index (χ3n) is 15.2. The molecule has 0 radical (unpaired) electrons. The van der Waals surface area contributed by atoms with Crippen LogP contribution in [0.25, 0.3) is 0 Å². The first-order valence-corrected chi connectivity index (χ1v) is 34.4. The minimum absolute atomic E-state index is 0.0800. The second-order valence-electron chi connectivity index (χ2n) is 23.1. The molecule has 0 rings (SSSR count). The number of ether oxygens (including phenoxy) is 3. The van der Waals surface area contributed by atoms with Gasteiger partial charge in [-0.3, -0.25) is 14.4 Å². The topological polar surface area (TPSA) is 78.9 Å². The van der Waals surface area contributed by atoms with Crippen LogP contribution in [0.4, 0.5) is 0 Å². The van der Waals surface area contributed by atoms with E-state index in [2.05, 4.69) is 93.7 Å². The molecule has 0 heterocycles. The molecular weight excluding hydrogens is 973 g/mol. The predicted octanol–water partition coefficient (Wildman–Crippen LogP) is 23.7. The molecule has 79 heavy (non-hydrogen) atoms. The summed E-state index contributed by atoms with van der Waals surface area (Å²) in [7, 11) is 0. The fourth-order valence-corrected chi connectivity index (χ4v) is 10.1. The van der Waals surface area contributed by atoms with Gasteiger partial charge in [0, 0.05) is 19.3 Å². The van der Waals surface area contributed by atoms with Gasteiger partial charge < -0.3 is 14.2 Å². The Labute approximate surface area is 491 Å². The third-order valence-corrected chi connectivity index (χ3v) is 15.2. The van der Waals surface area contributed by atoms with Gasteiger partial charge in [0.05, 0.1) is 0 Å². The van der Waals surface area contributed by atoms with Gasteiger partial charge in [0.15, 0.2) is 6.10 Å². The van der Waals surface area contributed by atoms with Crippen molar-refractivity contribution in [2.45, 2.75) is 361 Å². The maximum atomic E-state index is 13.0. The number of rotatable bonds is 63. The Kier molecular flexibility index (Phi) is 64.7. The Morgan fingerprint density at radius 3 is 0.785 bits per heavy atom. The number of esters is 3. The summed E-state index contributed by atoms with van der Waals surface area (Å²) in [6.07, 6.45) is 87.7. The van der Waals surface area contributed by atoms with Gasteiger partial charge in [-0.05, 0) is 89.9 Å². The lowest BCUT2D eigenvalue weighted by atomic mass is 10.0.